The number of piperazine rings is 1. The Bertz CT molecular complexity index is 2930. The van der Waals surface area contributed by atoms with Crippen LogP contribution in [0.25, 0.3) is 22.0 Å². The predicted octanol–water partition coefficient (Wildman–Crippen LogP) is 7.63. The fourth-order valence-corrected chi connectivity index (χ4v) is 10.4. The number of carbonyl (C=O) groups excluding carboxylic acids is 1. The molecule has 3 aromatic carbocycles. The summed E-state index contributed by atoms with van der Waals surface area (Å²) in [6, 6.07) is 19.4. The average molecular weight is 914 g/mol. The van der Waals surface area contributed by atoms with Crippen LogP contribution in [0.2, 0.25) is 5.02 Å². The van der Waals surface area contributed by atoms with Crippen molar-refractivity contribution in [2.75, 3.05) is 49.1 Å². The highest BCUT2D eigenvalue weighted by Crippen LogP contribution is 2.55. The minimum atomic E-state index is -1.16. The Morgan fingerprint density at radius 1 is 0.970 bits per heavy atom. The molecule has 14 nitrogen and oxygen atoms in total. The van der Waals surface area contributed by atoms with Gasteiger partial charge in [-0.1, -0.05) is 51.4 Å². The standard InChI is InChI=1S/C50H53ClFN9O5/c1-48(2)45(49(3,4)46(48)65-33-13-11-29(23-53)37(51)22-33)57-43(62)30-24-55-47(56-25-30)60-19-17-59(18-20-60)32-26-61(27-32)38-9-8-10-40(41(38)52)66-39-14-12-31(50(5,6)64)21-35(39)36-28-58(7)44(63)42-34(36)15-16-54-42/h8-16,21-22,24-25,28,32,45-46,54,64H,17-20,26-27H2,1-7H3,(H,57,62). The molecule has 6 aromatic rings. The Kier molecular flexibility index (Phi) is 11.4. The van der Waals surface area contributed by atoms with Gasteiger partial charge < -0.3 is 39.2 Å². The van der Waals surface area contributed by atoms with Crippen LogP contribution in [0.15, 0.2) is 90.2 Å². The lowest BCUT2D eigenvalue weighted by molar-refractivity contribution is -0.164. The Morgan fingerprint density at radius 3 is 2.35 bits per heavy atom. The monoisotopic (exact) mass is 913 g/mol. The second kappa shape index (κ2) is 16.8. The van der Waals surface area contributed by atoms with E-state index in [1.54, 1.807) is 94.2 Å². The highest BCUT2D eigenvalue weighted by molar-refractivity contribution is 6.31. The Morgan fingerprint density at radius 2 is 1.68 bits per heavy atom. The van der Waals surface area contributed by atoms with E-state index < -0.39 is 22.2 Å². The maximum atomic E-state index is 16.4. The topological polar surface area (TPSA) is 165 Å². The third-order valence-corrected chi connectivity index (χ3v) is 14.0. The number of pyridine rings is 1. The maximum absolute atomic E-state index is 16.4. The summed E-state index contributed by atoms with van der Waals surface area (Å²) in [5.74, 6) is 0.860. The number of nitrogens with zero attached hydrogens (tertiary/aromatic N) is 7. The molecule has 1 aliphatic carbocycles. The van der Waals surface area contributed by atoms with Crippen LogP contribution in [0.4, 0.5) is 16.0 Å². The molecule has 0 spiro atoms. The van der Waals surface area contributed by atoms with Crippen molar-refractivity contribution in [2.45, 2.75) is 65.3 Å². The summed E-state index contributed by atoms with van der Waals surface area (Å²) >= 11 is 6.26. The molecular weight excluding hydrogens is 861 g/mol. The van der Waals surface area contributed by atoms with Crippen LogP contribution in [-0.4, -0.2) is 92.9 Å². The van der Waals surface area contributed by atoms with E-state index in [4.69, 9.17) is 21.1 Å². The zero-order valence-corrected chi connectivity index (χ0v) is 38.8. The zero-order valence-electron chi connectivity index (χ0n) is 38.0. The van der Waals surface area contributed by atoms with Crippen LogP contribution in [-0.2, 0) is 12.6 Å². The van der Waals surface area contributed by atoms with Crippen molar-refractivity contribution in [3.63, 3.8) is 0 Å². The van der Waals surface area contributed by atoms with Crippen molar-refractivity contribution >= 4 is 40.0 Å². The summed E-state index contributed by atoms with van der Waals surface area (Å²) in [6.07, 6.45) is 6.36. The number of halogens is 2. The fraction of sp³-hybridized carbons (Fsp3) is 0.380. The van der Waals surface area contributed by atoms with E-state index >= 15 is 4.39 Å². The molecule has 1 amide bonds. The van der Waals surface area contributed by atoms with Gasteiger partial charge in [-0.25, -0.2) is 14.4 Å². The van der Waals surface area contributed by atoms with Crippen molar-refractivity contribution in [3.8, 4) is 34.4 Å². The summed E-state index contributed by atoms with van der Waals surface area (Å²) in [7, 11) is 1.68. The van der Waals surface area contributed by atoms with E-state index in [-0.39, 0.29) is 35.4 Å². The van der Waals surface area contributed by atoms with Crippen molar-refractivity contribution in [3.05, 3.63) is 123 Å². The Hall–Kier alpha value is -6.47. The second-order valence-electron chi connectivity index (χ2n) is 19.3. The molecule has 16 heteroatoms. The van der Waals surface area contributed by atoms with Gasteiger partial charge in [0.05, 0.1) is 27.4 Å². The third-order valence-electron chi connectivity index (χ3n) is 13.7. The first kappa shape index (κ1) is 44.7. The normalized spacial score (nSPS) is 19.5. The van der Waals surface area contributed by atoms with Crippen LogP contribution in [0.5, 0.6) is 17.2 Å². The van der Waals surface area contributed by atoms with Crippen LogP contribution in [0.1, 0.15) is 63.0 Å². The van der Waals surface area contributed by atoms with Gasteiger partial charge in [-0.2, -0.15) is 5.26 Å². The number of rotatable bonds is 11. The van der Waals surface area contributed by atoms with Crippen LogP contribution < -0.4 is 30.1 Å². The molecule has 0 atom stereocenters. The first-order chi connectivity index (χ1) is 31.3. The molecule has 0 radical (unpaired) electrons. The number of ether oxygens (including phenoxy) is 2. The molecule has 3 aromatic heterocycles. The van der Waals surface area contributed by atoms with E-state index in [0.717, 1.165) is 13.1 Å². The lowest BCUT2D eigenvalue weighted by Gasteiger charge is -2.63. The van der Waals surface area contributed by atoms with Gasteiger partial charge in [0.15, 0.2) is 11.6 Å². The second-order valence-corrected chi connectivity index (χ2v) is 19.7. The summed E-state index contributed by atoms with van der Waals surface area (Å²) in [4.78, 5) is 45.1. The number of fused-ring (bicyclic) bond motifs is 1. The van der Waals surface area contributed by atoms with Crippen LogP contribution in [0, 0.1) is 28.0 Å². The number of nitriles is 1. The number of hydrogen-bond donors (Lipinski definition) is 3. The van der Waals surface area contributed by atoms with Crippen molar-refractivity contribution in [2.24, 2.45) is 17.9 Å². The van der Waals surface area contributed by atoms with E-state index in [9.17, 15) is 20.0 Å². The third kappa shape index (κ3) is 8.01. The SMILES string of the molecule is Cn1cc(-c2cc(C(C)(C)O)ccc2Oc2cccc(N3CC(N4CCN(c5ncc(C(=O)NC6C(C)(C)C(Oc7ccc(C#N)c(Cl)c7)C6(C)C)cn5)CC4)C3)c2F)c2cc[nH]c2c1=O. The number of benzene rings is 3. The zero-order chi connectivity index (χ0) is 46.9. The lowest BCUT2D eigenvalue weighted by atomic mass is 9.49. The number of H-pyrrole nitrogens is 1. The number of anilines is 2. The summed E-state index contributed by atoms with van der Waals surface area (Å²) < 4.78 is 30.6. The van der Waals surface area contributed by atoms with E-state index in [1.165, 1.54) is 4.57 Å². The molecule has 0 unspecified atom stereocenters. The molecular formula is C50H53ClFN9O5. The number of aryl methyl sites for hydroxylation is 1. The minimum Gasteiger partial charge on any atom is -0.489 e. The Labute approximate surface area is 387 Å². The number of nitrogens with one attached hydrogen (secondary N) is 2. The molecule has 0 bridgehead atoms. The smallest absolute Gasteiger partial charge is 0.274 e. The highest BCUT2D eigenvalue weighted by atomic mass is 35.5. The quantitative estimate of drug-likeness (QED) is 0.117. The number of aromatic amines is 1. The van der Waals surface area contributed by atoms with E-state index in [0.29, 0.717) is 93.1 Å². The minimum absolute atomic E-state index is 0.0709. The van der Waals surface area contributed by atoms with E-state index in [2.05, 4.69) is 63.8 Å². The molecule has 66 heavy (non-hydrogen) atoms. The van der Waals surface area contributed by atoms with Gasteiger partial charge in [0, 0.05) is 117 Å². The van der Waals surface area contributed by atoms with Gasteiger partial charge in [-0.15, -0.1) is 0 Å². The molecule has 3 aliphatic rings. The molecule has 2 aliphatic heterocycles. The first-order valence-corrected chi connectivity index (χ1v) is 22.5. The highest BCUT2D eigenvalue weighted by Gasteiger charge is 2.64. The predicted molar refractivity (Wildman–Crippen MR) is 252 cm³/mol. The molecule has 9 rings (SSSR count). The van der Waals surface area contributed by atoms with Gasteiger partial charge >= 0.3 is 0 Å². The molecule has 5 heterocycles. The van der Waals surface area contributed by atoms with E-state index in [1.807, 2.05) is 17.0 Å². The first-order valence-electron chi connectivity index (χ1n) is 22.1. The van der Waals surface area contributed by atoms with Gasteiger partial charge in [0.2, 0.25) is 5.95 Å². The maximum Gasteiger partial charge on any atom is 0.274 e. The largest absolute Gasteiger partial charge is 0.489 e. The molecule has 3 N–H and O–H groups in total. The van der Waals surface area contributed by atoms with Crippen LogP contribution >= 0.6 is 11.6 Å². The number of aliphatic hydroxyl groups is 1. The number of amides is 1. The molecule has 342 valence electrons. The molecule has 1 saturated carbocycles. The average Bonchev–Trinajstić information content (AvgIpc) is 3.77. The summed E-state index contributed by atoms with van der Waals surface area (Å²) in [5, 5.41) is 24.4. The fourth-order valence-electron chi connectivity index (χ4n) is 10.2. The van der Waals surface area contributed by atoms with Crippen molar-refractivity contribution < 1.29 is 23.8 Å². The number of aromatic nitrogens is 4. The van der Waals surface area contributed by atoms with Gasteiger partial charge in [0.25, 0.3) is 11.5 Å². The summed E-state index contributed by atoms with van der Waals surface area (Å²) in [5.41, 5.74) is 1.45. The van der Waals surface area contributed by atoms with Gasteiger partial charge in [-0.3, -0.25) is 14.5 Å². The van der Waals surface area contributed by atoms with Crippen molar-refractivity contribution in [1.29, 1.82) is 5.26 Å². The molecule has 2 saturated heterocycles. The van der Waals surface area contributed by atoms with Gasteiger partial charge in [-0.05, 0) is 61.9 Å². The van der Waals surface area contributed by atoms with Crippen LogP contribution in [0.3, 0.4) is 0 Å². The Balaban J connectivity index is 0.801. The number of hydrogen-bond acceptors (Lipinski definition) is 11. The van der Waals surface area contributed by atoms with Crippen molar-refractivity contribution in [1.82, 2.24) is 29.7 Å². The molecule has 3 fully saturated rings. The lowest BCUT2D eigenvalue weighted by Crippen LogP contribution is -2.74. The summed E-state index contributed by atoms with van der Waals surface area (Å²) in [6.45, 7) is 15.9. The van der Waals surface area contributed by atoms with Gasteiger partial charge in [0.1, 0.15) is 29.2 Å². The number of carbonyl (C=O) groups is 1.